The third-order valence-corrected chi connectivity index (χ3v) is 6.08. The van der Waals surface area contributed by atoms with Gasteiger partial charge in [0.2, 0.25) is 0 Å². The minimum absolute atomic E-state index is 0.123. The first-order chi connectivity index (χ1) is 16.3. The highest BCUT2D eigenvalue weighted by atomic mass is 35.5. The summed E-state index contributed by atoms with van der Waals surface area (Å²) in [7, 11) is 0. The fourth-order valence-corrected chi connectivity index (χ4v) is 4.46. The van der Waals surface area contributed by atoms with Gasteiger partial charge in [-0.3, -0.25) is 9.59 Å². The molecule has 34 heavy (non-hydrogen) atoms. The average Bonchev–Trinajstić information content (AvgIpc) is 3.20. The van der Waals surface area contributed by atoms with Gasteiger partial charge in [-0.25, -0.2) is 14.1 Å². The lowest BCUT2D eigenvalue weighted by Gasteiger charge is -2.20. The normalized spacial score (nSPS) is 12.1. The second-order valence-electron chi connectivity index (χ2n) is 8.05. The van der Waals surface area contributed by atoms with Gasteiger partial charge >= 0.3 is 0 Å². The van der Waals surface area contributed by atoms with Crippen LogP contribution in [0.15, 0.2) is 54.6 Å². The van der Waals surface area contributed by atoms with Crippen molar-refractivity contribution >= 4 is 29.1 Å². The van der Waals surface area contributed by atoms with Crippen molar-refractivity contribution in [2.75, 3.05) is 5.32 Å². The standard InChI is InChI=1S/C25H19ClFN5O2/c1-13-2-10-19(23(26)29-13)25(34)30-16-7-3-14-4-11-18-21(24(28)33)31-32(22(18)20(14)12-16)17-8-5-15(27)6-9-17/h2-3,5-10,12H,4,11H2,1H3,(H2,28,33)(H,30,34). The van der Waals surface area contributed by atoms with E-state index in [2.05, 4.69) is 15.4 Å². The highest BCUT2D eigenvalue weighted by molar-refractivity contribution is 6.33. The molecular weight excluding hydrogens is 457 g/mol. The predicted octanol–water partition coefficient (Wildman–Crippen LogP) is 4.49. The van der Waals surface area contributed by atoms with E-state index in [0.29, 0.717) is 35.6 Å². The number of anilines is 1. The van der Waals surface area contributed by atoms with E-state index >= 15 is 0 Å². The van der Waals surface area contributed by atoms with E-state index < -0.39 is 11.8 Å². The van der Waals surface area contributed by atoms with E-state index in [1.54, 1.807) is 35.9 Å². The first kappa shape index (κ1) is 21.8. The number of hydrogen-bond donors (Lipinski definition) is 2. The number of primary amides is 1. The van der Waals surface area contributed by atoms with E-state index in [1.807, 2.05) is 18.2 Å². The number of nitrogens with one attached hydrogen (secondary N) is 1. The molecule has 0 atom stereocenters. The van der Waals surface area contributed by atoms with Crippen molar-refractivity contribution in [1.29, 1.82) is 0 Å². The fourth-order valence-electron chi connectivity index (χ4n) is 4.18. The number of aromatic nitrogens is 3. The Morgan fingerprint density at radius 1 is 1.09 bits per heavy atom. The number of fused-ring (bicyclic) bond motifs is 3. The van der Waals surface area contributed by atoms with Crippen LogP contribution in [0.3, 0.4) is 0 Å². The van der Waals surface area contributed by atoms with Gasteiger partial charge in [0.25, 0.3) is 11.8 Å². The Labute approximate surface area is 199 Å². The van der Waals surface area contributed by atoms with Crippen molar-refractivity contribution < 1.29 is 14.0 Å². The van der Waals surface area contributed by atoms with E-state index in [9.17, 15) is 14.0 Å². The maximum absolute atomic E-state index is 13.5. The van der Waals surface area contributed by atoms with Gasteiger partial charge in [0, 0.05) is 22.5 Å². The van der Waals surface area contributed by atoms with Crippen molar-refractivity contribution in [2.24, 2.45) is 5.73 Å². The van der Waals surface area contributed by atoms with Crippen molar-refractivity contribution in [3.63, 3.8) is 0 Å². The highest BCUT2D eigenvalue weighted by Crippen LogP contribution is 2.38. The zero-order chi connectivity index (χ0) is 24.0. The number of nitrogens with two attached hydrogens (primary N) is 1. The summed E-state index contributed by atoms with van der Waals surface area (Å²) in [6.07, 6.45) is 1.26. The molecule has 7 nitrogen and oxygen atoms in total. The summed E-state index contributed by atoms with van der Waals surface area (Å²) in [5, 5.41) is 7.44. The third-order valence-electron chi connectivity index (χ3n) is 5.79. The SMILES string of the molecule is Cc1ccc(C(=O)Nc2ccc3c(c2)-c2c(c(C(N)=O)nn2-c2ccc(F)cc2)CC3)c(Cl)n1. The molecule has 170 valence electrons. The Kier molecular flexibility index (Phi) is 5.37. The summed E-state index contributed by atoms with van der Waals surface area (Å²) in [6, 6.07) is 14.7. The second-order valence-corrected chi connectivity index (χ2v) is 8.40. The van der Waals surface area contributed by atoms with Crippen LogP contribution in [-0.2, 0) is 12.8 Å². The van der Waals surface area contributed by atoms with Crippen LogP contribution in [0.5, 0.6) is 0 Å². The zero-order valence-corrected chi connectivity index (χ0v) is 18.9. The Morgan fingerprint density at radius 2 is 1.85 bits per heavy atom. The number of rotatable bonds is 4. The molecule has 0 spiro atoms. The summed E-state index contributed by atoms with van der Waals surface area (Å²) >= 11 is 6.15. The second kappa shape index (κ2) is 8.39. The number of halogens is 2. The van der Waals surface area contributed by atoms with E-state index in [4.69, 9.17) is 17.3 Å². The maximum Gasteiger partial charge on any atom is 0.269 e. The van der Waals surface area contributed by atoms with Gasteiger partial charge in [-0.1, -0.05) is 17.7 Å². The largest absolute Gasteiger partial charge is 0.364 e. The molecule has 1 aliphatic carbocycles. The smallest absolute Gasteiger partial charge is 0.269 e. The molecule has 0 fully saturated rings. The topological polar surface area (TPSA) is 103 Å². The number of benzene rings is 2. The van der Waals surface area contributed by atoms with Gasteiger partial charge in [-0.15, -0.1) is 0 Å². The molecule has 0 bridgehead atoms. The molecule has 0 saturated heterocycles. The molecule has 1 aliphatic rings. The lowest BCUT2D eigenvalue weighted by molar-refractivity contribution is 0.0992. The van der Waals surface area contributed by atoms with Crippen LogP contribution in [0.2, 0.25) is 5.15 Å². The monoisotopic (exact) mass is 475 g/mol. The van der Waals surface area contributed by atoms with E-state index in [0.717, 1.165) is 16.7 Å². The molecule has 2 aromatic carbocycles. The van der Waals surface area contributed by atoms with Gasteiger partial charge in [0.1, 0.15) is 11.0 Å². The molecule has 2 heterocycles. The number of amides is 2. The number of pyridine rings is 1. The van der Waals surface area contributed by atoms with Crippen molar-refractivity contribution in [3.8, 4) is 16.9 Å². The molecular formula is C25H19ClFN5O2. The van der Waals surface area contributed by atoms with Crippen molar-refractivity contribution in [3.05, 3.63) is 93.6 Å². The van der Waals surface area contributed by atoms with Crippen LogP contribution < -0.4 is 11.1 Å². The highest BCUT2D eigenvalue weighted by Gasteiger charge is 2.28. The van der Waals surface area contributed by atoms with E-state index in [-0.39, 0.29) is 22.2 Å². The molecule has 0 aliphatic heterocycles. The van der Waals surface area contributed by atoms with Gasteiger partial charge < -0.3 is 11.1 Å². The van der Waals surface area contributed by atoms with Crippen LogP contribution in [0, 0.1) is 12.7 Å². The Bertz CT molecular complexity index is 1460. The van der Waals surface area contributed by atoms with Crippen LogP contribution in [0.4, 0.5) is 10.1 Å². The predicted molar refractivity (Wildman–Crippen MR) is 127 cm³/mol. The molecule has 0 radical (unpaired) electrons. The molecule has 9 heteroatoms. The summed E-state index contributed by atoms with van der Waals surface area (Å²) in [6.45, 7) is 1.79. The van der Waals surface area contributed by atoms with Crippen molar-refractivity contribution in [1.82, 2.24) is 14.8 Å². The Balaban J connectivity index is 1.59. The summed E-state index contributed by atoms with van der Waals surface area (Å²) in [5.74, 6) is -1.40. The lowest BCUT2D eigenvalue weighted by Crippen LogP contribution is -2.16. The average molecular weight is 476 g/mol. The van der Waals surface area contributed by atoms with Crippen LogP contribution in [-0.4, -0.2) is 26.6 Å². The zero-order valence-electron chi connectivity index (χ0n) is 18.1. The first-order valence-electron chi connectivity index (χ1n) is 10.6. The van der Waals surface area contributed by atoms with Crippen LogP contribution in [0.1, 0.15) is 37.7 Å². The molecule has 3 N–H and O–H groups in total. The van der Waals surface area contributed by atoms with Crippen LogP contribution in [0.25, 0.3) is 16.9 Å². The van der Waals surface area contributed by atoms with E-state index in [1.165, 1.54) is 12.1 Å². The van der Waals surface area contributed by atoms with Crippen LogP contribution >= 0.6 is 11.6 Å². The molecule has 5 rings (SSSR count). The number of carbonyl (C=O) groups excluding carboxylic acids is 2. The third kappa shape index (κ3) is 3.82. The Hall–Kier alpha value is -4.04. The number of nitrogens with zero attached hydrogens (tertiary/aromatic N) is 3. The minimum atomic E-state index is -0.633. The molecule has 0 unspecified atom stereocenters. The summed E-state index contributed by atoms with van der Waals surface area (Å²) in [4.78, 5) is 29.1. The quantitative estimate of drug-likeness (QED) is 0.424. The molecule has 2 aromatic heterocycles. The summed E-state index contributed by atoms with van der Waals surface area (Å²) < 4.78 is 15.1. The van der Waals surface area contributed by atoms with Gasteiger partial charge in [0.05, 0.1) is 16.9 Å². The number of hydrogen-bond acceptors (Lipinski definition) is 4. The van der Waals surface area contributed by atoms with Gasteiger partial charge in [-0.05, 0) is 73.9 Å². The van der Waals surface area contributed by atoms with Gasteiger partial charge in [-0.2, -0.15) is 5.10 Å². The lowest BCUT2D eigenvalue weighted by atomic mass is 9.88. The number of carbonyl (C=O) groups is 2. The first-order valence-corrected chi connectivity index (χ1v) is 10.9. The minimum Gasteiger partial charge on any atom is -0.364 e. The Morgan fingerprint density at radius 3 is 2.56 bits per heavy atom. The number of aryl methyl sites for hydroxylation is 2. The maximum atomic E-state index is 13.5. The summed E-state index contributed by atoms with van der Waals surface area (Å²) in [5.41, 5.74) is 11.1. The van der Waals surface area contributed by atoms with Crippen molar-refractivity contribution in [2.45, 2.75) is 19.8 Å². The van der Waals surface area contributed by atoms with Gasteiger partial charge in [0.15, 0.2) is 5.69 Å². The molecule has 0 saturated carbocycles. The molecule has 4 aromatic rings. The molecule has 2 amide bonds. The fraction of sp³-hybridized carbons (Fsp3) is 0.120.